The normalized spacial score (nSPS) is 10.4. The van der Waals surface area contributed by atoms with Gasteiger partial charge in [0.15, 0.2) is 0 Å². The number of hydrogen-bond acceptors (Lipinski definition) is 1. The summed E-state index contributed by atoms with van der Waals surface area (Å²) >= 11 is 6.63. The molecule has 0 saturated heterocycles. The molecule has 0 N–H and O–H groups in total. The zero-order chi connectivity index (χ0) is 12.0. The predicted octanol–water partition coefficient (Wildman–Crippen LogP) is 4.12. The van der Waals surface area contributed by atoms with E-state index in [1.807, 2.05) is 12.3 Å². The van der Waals surface area contributed by atoms with Crippen molar-refractivity contribution in [1.29, 1.82) is 0 Å². The first-order valence-corrected chi connectivity index (χ1v) is 6.90. The molecule has 0 unspecified atom stereocenters. The number of aryl methyl sites for hydroxylation is 1. The van der Waals surface area contributed by atoms with Crippen LogP contribution >= 0.6 is 31.9 Å². The number of aromatic nitrogens is 1. The average molecular weight is 349 g/mol. The van der Waals surface area contributed by atoms with Crippen LogP contribution < -0.4 is 5.56 Å². The Hall–Kier alpha value is -0.350. The van der Waals surface area contributed by atoms with Gasteiger partial charge in [0, 0.05) is 17.2 Å². The molecule has 0 radical (unpaired) electrons. The van der Waals surface area contributed by atoms with E-state index in [-0.39, 0.29) is 5.56 Å². The van der Waals surface area contributed by atoms with E-state index in [2.05, 4.69) is 38.4 Å². The summed E-state index contributed by atoms with van der Waals surface area (Å²) < 4.78 is 3.26. The number of unbranched alkanes of at least 4 members (excludes halogenated alkanes) is 3. The van der Waals surface area contributed by atoms with Crippen LogP contribution in [0.3, 0.4) is 0 Å². The molecule has 4 heteroatoms. The lowest BCUT2D eigenvalue weighted by Crippen LogP contribution is -2.20. The van der Waals surface area contributed by atoms with Gasteiger partial charge < -0.3 is 4.57 Å². The summed E-state index contributed by atoms with van der Waals surface area (Å²) in [6.07, 6.45) is 8.12. The van der Waals surface area contributed by atoms with Crippen LogP contribution in [-0.4, -0.2) is 4.57 Å². The highest BCUT2D eigenvalue weighted by atomic mass is 79.9. The first kappa shape index (κ1) is 13.7. The molecule has 0 spiro atoms. The Kier molecular flexibility index (Phi) is 6.06. The van der Waals surface area contributed by atoms with Crippen LogP contribution in [0.1, 0.15) is 25.7 Å². The van der Waals surface area contributed by atoms with Gasteiger partial charge in [-0.05, 0) is 57.2 Å². The maximum atomic E-state index is 11.7. The zero-order valence-corrected chi connectivity index (χ0v) is 12.3. The summed E-state index contributed by atoms with van der Waals surface area (Å²) in [6, 6.07) is 1.77. The second-order valence-corrected chi connectivity index (χ2v) is 5.41. The largest absolute Gasteiger partial charge is 0.313 e. The highest BCUT2D eigenvalue weighted by Gasteiger charge is 2.02. The molecule has 1 rings (SSSR count). The summed E-state index contributed by atoms with van der Waals surface area (Å²) in [4.78, 5) is 11.7. The lowest BCUT2D eigenvalue weighted by atomic mass is 10.2. The Morgan fingerprint density at radius 3 is 2.75 bits per heavy atom. The first-order valence-electron chi connectivity index (χ1n) is 5.31. The van der Waals surface area contributed by atoms with Crippen LogP contribution in [0.5, 0.6) is 0 Å². The Bertz CT molecular complexity index is 412. The molecule has 88 valence electrons. The Labute approximate surface area is 113 Å². The van der Waals surface area contributed by atoms with Crippen LogP contribution in [0.15, 0.2) is 38.7 Å². The summed E-state index contributed by atoms with van der Waals surface area (Å²) in [5.74, 6) is 0. The van der Waals surface area contributed by atoms with Gasteiger partial charge in [-0.2, -0.15) is 0 Å². The maximum Gasteiger partial charge on any atom is 0.264 e. The second kappa shape index (κ2) is 7.07. The first-order chi connectivity index (χ1) is 7.65. The number of nitrogens with zero attached hydrogens (tertiary/aromatic N) is 1. The molecule has 16 heavy (non-hydrogen) atoms. The maximum absolute atomic E-state index is 11.7. The molecule has 0 bridgehead atoms. The number of allylic oxidation sites excluding steroid dienone is 1. The smallest absolute Gasteiger partial charge is 0.264 e. The molecule has 0 aliphatic carbocycles. The molecule has 2 nitrogen and oxygen atoms in total. The van der Waals surface area contributed by atoms with Crippen molar-refractivity contribution in [2.75, 3.05) is 0 Å². The molecule has 1 aromatic rings. The molecule has 0 saturated carbocycles. The molecule has 0 aromatic carbocycles. The van der Waals surface area contributed by atoms with Gasteiger partial charge in [0.1, 0.15) is 0 Å². The predicted molar refractivity (Wildman–Crippen MR) is 74.8 cm³/mol. The monoisotopic (exact) mass is 347 g/mol. The van der Waals surface area contributed by atoms with E-state index < -0.39 is 0 Å². The fourth-order valence-electron chi connectivity index (χ4n) is 1.48. The van der Waals surface area contributed by atoms with Gasteiger partial charge in [0.25, 0.3) is 5.56 Å². The van der Waals surface area contributed by atoms with E-state index in [0.29, 0.717) is 4.47 Å². The quantitative estimate of drug-likeness (QED) is 0.559. The molecule has 1 aromatic heterocycles. The average Bonchev–Trinajstić information content (AvgIpc) is 2.24. The fraction of sp³-hybridized carbons (Fsp3) is 0.417. The SMILES string of the molecule is C=CCCCCCn1cc(Br)cc(Br)c1=O. The third-order valence-electron chi connectivity index (χ3n) is 2.32. The van der Waals surface area contributed by atoms with E-state index in [0.717, 1.165) is 36.7 Å². The molecule has 1 heterocycles. The molecule has 0 amide bonds. The van der Waals surface area contributed by atoms with Crippen LogP contribution in [0, 0.1) is 0 Å². The molecule has 0 aliphatic heterocycles. The van der Waals surface area contributed by atoms with Crippen molar-refractivity contribution in [3.8, 4) is 0 Å². The van der Waals surface area contributed by atoms with Gasteiger partial charge in [0.05, 0.1) is 4.47 Å². The molecule has 0 fully saturated rings. The van der Waals surface area contributed by atoms with Crippen LogP contribution in [0.4, 0.5) is 0 Å². The van der Waals surface area contributed by atoms with Crippen molar-refractivity contribution in [2.45, 2.75) is 32.2 Å². The van der Waals surface area contributed by atoms with Crippen molar-refractivity contribution in [2.24, 2.45) is 0 Å². The number of pyridine rings is 1. The van der Waals surface area contributed by atoms with Gasteiger partial charge in [-0.25, -0.2) is 0 Å². The summed E-state index contributed by atoms with van der Waals surface area (Å²) in [5.41, 5.74) is 0.0342. The van der Waals surface area contributed by atoms with Crippen LogP contribution in [-0.2, 0) is 6.54 Å². The zero-order valence-electron chi connectivity index (χ0n) is 9.09. The standard InChI is InChI=1S/C12H15Br2NO/c1-2-3-4-5-6-7-15-9-10(13)8-11(14)12(15)16/h2,8-9H,1,3-7H2. The minimum Gasteiger partial charge on any atom is -0.313 e. The summed E-state index contributed by atoms with van der Waals surface area (Å²) in [6.45, 7) is 4.46. The van der Waals surface area contributed by atoms with Crippen molar-refractivity contribution in [3.05, 3.63) is 44.2 Å². The van der Waals surface area contributed by atoms with E-state index in [4.69, 9.17) is 0 Å². The van der Waals surface area contributed by atoms with Crippen molar-refractivity contribution < 1.29 is 0 Å². The summed E-state index contributed by atoms with van der Waals surface area (Å²) in [5, 5.41) is 0. The highest BCUT2D eigenvalue weighted by Crippen LogP contribution is 2.13. The highest BCUT2D eigenvalue weighted by molar-refractivity contribution is 9.11. The second-order valence-electron chi connectivity index (χ2n) is 3.64. The Morgan fingerprint density at radius 2 is 2.06 bits per heavy atom. The van der Waals surface area contributed by atoms with Crippen LogP contribution in [0.2, 0.25) is 0 Å². The summed E-state index contributed by atoms with van der Waals surface area (Å²) in [7, 11) is 0. The van der Waals surface area contributed by atoms with Gasteiger partial charge in [0.2, 0.25) is 0 Å². The number of halogens is 2. The topological polar surface area (TPSA) is 22.0 Å². The number of rotatable bonds is 6. The van der Waals surface area contributed by atoms with E-state index in [1.165, 1.54) is 0 Å². The lowest BCUT2D eigenvalue weighted by Gasteiger charge is -2.06. The van der Waals surface area contributed by atoms with Gasteiger partial charge >= 0.3 is 0 Å². The minimum absolute atomic E-state index is 0.0342. The van der Waals surface area contributed by atoms with Gasteiger partial charge in [-0.3, -0.25) is 4.79 Å². The Morgan fingerprint density at radius 1 is 1.31 bits per heavy atom. The third-order valence-corrected chi connectivity index (χ3v) is 3.32. The molecule has 0 atom stereocenters. The van der Waals surface area contributed by atoms with Crippen LogP contribution in [0.25, 0.3) is 0 Å². The lowest BCUT2D eigenvalue weighted by molar-refractivity contribution is 0.575. The van der Waals surface area contributed by atoms with Crippen molar-refractivity contribution in [3.63, 3.8) is 0 Å². The van der Waals surface area contributed by atoms with Gasteiger partial charge in [-0.1, -0.05) is 12.5 Å². The van der Waals surface area contributed by atoms with Crippen molar-refractivity contribution >= 4 is 31.9 Å². The molecular weight excluding hydrogens is 334 g/mol. The number of hydrogen-bond donors (Lipinski definition) is 0. The third kappa shape index (κ3) is 4.26. The van der Waals surface area contributed by atoms with Gasteiger partial charge in [-0.15, -0.1) is 6.58 Å². The minimum atomic E-state index is 0.0342. The van der Waals surface area contributed by atoms with E-state index >= 15 is 0 Å². The fourth-order valence-corrected chi connectivity index (χ4v) is 2.74. The van der Waals surface area contributed by atoms with Crippen molar-refractivity contribution in [1.82, 2.24) is 4.57 Å². The molecular formula is C12H15Br2NO. The molecule has 0 aliphatic rings. The van der Waals surface area contributed by atoms with E-state index in [1.54, 1.807) is 10.6 Å². The van der Waals surface area contributed by atoms with E-state index in [9.17, 15) is 4.79 Å². The Balaban J connectivity index is 2.54.